The van der Waals surface area contributed by atoms with Crippen LogP contribution in [0.3, 0.4) is 0 Å². The molecule has 2 heterocycles. The second kappa shape index (κ2) is 9.45. The summed E-state index contributed by atoms with van der Waals surface area (Å²) in [5.41, 5.74) is 2.24. The van der Waals surface area contributed by atoms with Crippen LogP contribution in [0.4, 0.5) is 4.79 Å². The molecule has 6 nitrogen and oxygen atoms in total. The van der Waals surface area contributed by atoms with Crippen LogP contribution in [0.2, 0.25) is 0 Å². The zero-order valence-corrected chi connectivity index (χ0v) is 18.7. The lowest BCUT2D eigenvalue weighted by molar-refractivity contribution is -0.00967. The Balaban J connectivity index is 1.59. The molecule has 0 unspecified atom stereocenters. The topological polar surface area (TPSA) is 45.2 Å². The minimum atomic E-state index is -0.457. The maximum atomic E-state index is 12.5. The molecule has 2 saturated heterocycles. The second-order valence-electron chi connectivity index (χ2n) is 9.46. The van der Waals surface area contributed by atoms with E-state index >= 15 is 0 Å². The highest BCUT2D eigenvalue weighted by molar-refractivity contribution is 5.68. The zero-order valence-electron chi connectivity index (χ0n) is 18.7. The molecule has 1 amide bonds. The number of ether oxygens (including phenoxy) is 2. The predicted octanol–water partition coefficient (Wildman–Crippen LogP) is 3.35. The first-order valence-corrected chi connectivity index (χ1v) is 10.8. The fourth-order valence-electron chi connectivity index (χ4n) is 4.20. The van der Waals surface area contributed by atoms with Crippen LogP contribution < -0.4 is 0 Å². The number of hydrogen-bond donors (Lipinski definition) is 0. The molecule has 2 aliphatic heterocycles. The van der Waals surface area contributed by atoms with Crippen LogP contribution in [0.15, 0.2) is 24.3 Å². The van der Waals surface area contributed by atoms with Gasteiger partial charge in [-0.05, 0) is 45.7 Å². The molecule has 6 heteroatoms. The van der Waals surface area contributed by atoms with Gasteiger partial charge in [0.1, 0.15) is 5.60 Å². The molecule has 2 aliphatic rings. The summed E-state index contributed by atoms with van der Waals surface area (Å²) in [5, 5.41) is 0. The van der Waals surface area contributed by atoms with E-state index in [1.807, 2.05) is 25.7 Å². The van der Waals surface area contributed by atoms with E-state index in [2.05, 4.69) is 47.9 Å². The van der Waals surface area contributed by atoms with Gasteiger partial charge in [0, 0.05) is 51.4 Å². The van der Waals surface area contributed by atoms with Crippen LogP contribution in [0, 0.1) is 0 Å². The van der Waals surface area contributed by atoms with Crippen molar-refractivity contribution in [3.63, 3.8) is 0 Å². The molecule has 0 saturated carbocycles. The maximum absolute atomic E-state index is 12.5. The molecule has 0 bridgehead atoms. The highest BCUT2D eigenvalue weighted by atomic mass is 16.6. The van der Waals surface area contributed by atoms with E-state index < -0.39 is 5.60 Å². The number of morpholine rings is 1. The summed E-state index contributed by atoms with van der Waals surface area (Å²) in [6, 6.07) is 9.49. The van der Waals surface area contributed by atoms with E-state index in [1.165, 1.54) is 11.1 Å². The summed E-state index contributed by atoms with van der Waals surface area (Å²) >= 11 is 0. The molecule has 0 spiro atoms. The fraction of sp³-hybridized carbons (Fsp3) is 0.696. The molecule has 0 radical (unpaired) electrons. The number of hydrogen-bond acceptors (Lipinski definition) is 5. The first-order valence-electron chi connectivity index (χ1n) is 10.8. The van der Waals surface area contributed by atoms with E-state index in [4.69, 9.17) is 9.47 Å². The Bertz CT molecular complexity index is 670. The van der Waals surface area contributed by atoms with Gasteiger partial charge >= 0.3 is 6.09 Å². The summed E-state index contributed by atoms with van der Waals surface area (Å²) in [6.07, 6.45) is -0.205. The van der Waals surface area contributed by atoms with Crippen molar-refractivity contribution >= 4 is 6.09 Å². The van der Waals surface area contributed by atoms with Gasteiger partial charge in [0.2, 0.25) is 0 Å². The lowest BCUT2D eigenvalue weighted by Gasteiger charge is -2.44. The molecule has 2 fully saturated rings. The Morgan fingerprint density at radius 1 is 1.07 bits per heavy atom. The summed E-state index contributed by atoms with van der Waals surface area (Å²) in [6.45, 7) is 17.1. The Morgan fingerprint density at radius 2 is 1.66 bits per heavy atom. The maximum Gasteiger partial charge on any atom is 0.410 e. The van der Waals surface area contributed by atoms with Gasteiger partial charge in [-0.1, -0.05) is 24.3 Å². The van der Waals surface area contributed by atoms with Gasteiger partial charge in [0.15, 0.2) is 0 Å². The number of benzene rings is 1. The van der Waals surface area contributed by atoms with E-state index in [1.54, 1.807) is 0 Å². The summed E-state index contributed by atoms with van der Waals surface area (Å²) in [4.78, 5) is 19.3. The quantitative estimate of drug-likeness (QED) is 0.772. The Labute approximate surface area is 175 Å². The van der Waals surface area contributed by atoms with Crippen molar-refractivity contribution in [2.75, 3.05) is 39.4 Å². The molecule has 1 aromatic rings. The lowest BCUT2D eigenvalue weighted by Crippen LogP contribution is -2.58. The normalized spacial score (nSPS) is 24.5. The third-order valence-electron chi connectivity index (χ3n) is 5.62. The van der Waals surface area contributed by atoms with Gasteiger partial charge < -0.3 is 14.4 Å². The highest BCUT2D eigenvalue weighted by Gasteiger charge is 2.33. The van der Waals surface area contributed by atoms with Gasteiger partial charge in [0.05, 0.1) is 13.2 Å². The molecular formula is C23H37N3O3. The van der Waals surface area contributed by atoms with Crippen LogP contribution in [0.25, 0.3) is 0 Å². The third kappa shape index (κ3) is 6.43. The Hall–Kier alpha value is -1.63. The first kappa shape index (κ1) is 22.1. The van der Waals surface area contributed by atoms with E-state index in [0.29, 0.717) is 13.1 Å². The largest absolute Gasteiger partial charge is 0.444 e. The molecule has 0 aromatic heterocycles. The number of piperazine rings is 1. The fourth-order valence-corrected chi connectivity index (χ4v) is 4.20. The first-order chi connectivity index (χ1) is 13.7. The average Bonchev–Trinajstić information content (AvgIpc) is 2.64. The van der Waals surface area contributed by atoms with Crippen molar-refractivity contribution < 1.29 is 14.3 Å². The minimum Gasteiger partial charge on any atom is -0.444 e. The zero-order chi connectivity index (χ0) is 21.0. The molecule has 1 aromatic carbocycles. The molecule has 29 heavy (non-hydrogen) atoms. The highest BCUT2D eigenvalue weighted by Crippen LogP contribution is 2.22. The van der Waals surface area contributed by atoms with Gasteiger partial charge in [-0.15, -0.1) is 0 Å². The van der Waals surface area contributed by atoms with Crippen LogP contribution >= 0.6 is 0 Å². The van der Waals surface area contributed by atoms with Gasteiger partial charge in [0.25, 0.3) is 0 Å². The van der Waals surface area contributed by atoms with Crippen molar-refractivity contribution in [1.29, 1.82) is 0 Å². The van der Waals surface area contributed by atoms with Crippen molar-refractivity contribution in [3.8, 4) is 0 Å². The predicted molar refractivity (Wildman–Crippen MR) is 115 cm³/mol. The third-order valence-corrected chi connectivity index (χ3v) is 5.62. The van der Waals surface area contributed by atoms with Crippen LogP contribution in [-0.4, -0.2) is 77.9 Å². The van der Waals surface area contributed by atoms with Gasteiger partial charge in [-0.2, -0.15) is 0 Å². The van der Waals surface area contributed by atoms with Crippen LogP contribution in [-0.2, 0) is 22.6 Å². The Morgan fingerprint density at radius 3 is 2.24 bits per heavy atom. The summed E-state index contributed by atoms with van der Waals surface area (Å²) in [5.74, 6) is 0. The number of carbonyl (C=O) groups excluding carboxylic acids is 1. The second-order valence-corrected chi connectivity index (χ2v) is 9.46. The monoisotopic (exact) mass is 403 g/mol. The van der Waals surface area contributed by atoms with Crippen molar-refractivity contribution in [2.45, 2.75) is 65.4 Å². The number of nitrogens with zero attached hydrogens (tertiary/aromatic N) is 3. The molecule has 162 valence electrons. The Kier molecular flexibility index (Phi) is 7.19. The van der Waals surface area contributed by atoms with E-state index in [9.17, 15) is 4.79 Å². The van der Waals surface area contributed by atoms with Gasteiger partial charge in [-0.25, -0.2) is 4.79 Å². The number of carbonyl (C=O) groups is 1. The van der Waals surface area contributed by atoms with E-state index in [0.717, 1.165) is 39.4 Å². The average molecular weight is 404 g/mol. The molecule has 2 atom stereocenters. The summed E-state index contributed by atoms with van der Waals surface area (Å²) in [7, 11) is 0. The molecule has 0 N–H and O–H groups in total. The number of amides is 1. The van der Waals surface area contributed by atoms with E-state index in [-0.39, 0.29) is 18.2 Å². The van der Waals surface area contributed by atoms with Gasteiger partial charge in [-0.3, -0.25) is 9.80 Å². The molecular weight excluding hydrogens is 366 g/mol. The molecule has 3 rings (SSSR count). The van der Waals surface area contributed by atoms with Crippen molar-refractivity contribution in [2.24, 2.45) is 0 Å². The smallest absolute Gasteiger partial charge is 0.410 e. The summed E-state index contributed by atoms with van der Waals surface area (Å²) < 4.78 is 11.0. The lowest BCUT2D eigenvalue weighted by atomic mass is 10.0. The van der Waals surface area contributed by atoms with Crippen LogP contribution in [0.5, 0.6) is 0 Å². The van der Waals surface area contributed by atoms with Crippen molar-refractivity contribution in [1.82, 2.24) is 14.7 Å². The number of rotatable bonds is 4. The molecule has 0 aliphatic carbocycles. The SMILES string of the molecule is C[C@@H]1CN(C(=O)OC(C)(C)C)C[C@H](C)N1Cc1cccc(CN2CCOCC2)c1. The minimum absolute atomic E-state index is 0.205. The standard InChI is InChI=1S/C23H37N3O3/c1-18-14-25(22(27)29-23(3,4)5)15-19(2)26(18)17-21-8-6-7-20(13-21)16-24-9-11-28-12-10-24/h6-8,13,18-19H,9-12,14-17H2,1-5H3/t18-,19+. The van der Waals surface area contributed by atoms with Crippen molar-refractivity contribution in [3.05, 3.63) is 35.4 Å². The van der Waals surface area contributed by atoms with Crippen LogP contribution in [0.1, 0.15) is 45.7 Å².